The van der Waals surface area contributed by atoms with Crippen LogP contribution in [0, 0.1) is 5.41 Å². The molecule has 0 radical (unpaired) electrons. The predicted molar refractivity (Wildman–Crippen MR) is 76.1 cm³/mol. The molecule has 1 unspecified atom stereocenters. The molecule has 0 amide bonds. The van der Waals surface area contributed by atoms with E-state index in [2.05, 4.69) is 19.2 Å². The van der Waals surface area contributed by atoms with Crippen LogP contribution in [0.2, 0.25) is 0 Å². The van der Waals surface area contributed by atoms with Gasteiger partial charge in [-0.2, -0.15) is 0 Å². The number of nitrogens with one attached hydrogen (secondary N) is 1. The van der Waals surface area contributed by atoms with Crippen molar-refractivity contribution in [3.05, 3.63) is 0 Å². The van der Waals surface area contributed by atoms with Gasteiger partial charge in [0, 0.05) is 6.61 Å². The molecule has 4 heteroatoms. The van der Waals surface area contributed by atoms with E-state index in [0.29, 0.717) is 24.5 Å². The van der Waals surface area contributed by atoms with E-state index in [1.54, 1.807) is 7.05 Å². The number of carbonyl (C=O) groups is 1. The Morgan fingerprint density at radius 3 is 2.42 bits per heavy atom. The van der Waals surface area contributed by atoms with Crippen LogP contribution in [0.15, 0.2) is 0 Å². The highest BCUT2D eigenvalue weighted by atomic mass is 16.5. The lowest BCUT2D eigenvalue weighted by molar-refractivity contribution is -0.148. The van der Waals surface area contributed by atoms with E-state index in [9.17, 15) is 4.79 Å². The second kappa shape index (κ2) is 6.71. The molecule has 1 atom stereocenters. The zero-order chi connectivity index (χ0) is 14.5. The molecular weight excluding hydrogens is 242 g/mol. The van der Waals surface area contributed by atoms with E-state index >= 15 is 0 Å². The lowest BCUT2D eigenvalue weighted by Crippen LogP contribution is -2.49. The highest BCUT2D eigenvalue weighted by Gasteiger charge is 2.33. The smallest absolute Gasteiger partial charge is 0.325 e. The Balaban J connectivity index is 2.32. The van der Waals surface area contributed by atoms with E-state index in [-0.39, 0.29) is 5.97 Å². The Labute approximate surface area is 117 Å². The SMILES string of the molecule is CNC(C)(CCOC1CCC(C)(C)CC1)C(=O)OC. The van der Waals surface area contributed by atoms with Gasteiger partial charge in [0.25, 0.3) is 0 Å². The molecule has 0 aromatic heterocycles. The number of ether oxygens (including phenoxy) is 2. The van der Waals surface area contributed by atoms with Crippen LogP contribution in [0.5, 0.6) is 0 Å². The van der Waals surface area contributed by atoms with Crippen molar-refractivity contribution in [3.8, 4) is 0 Å². The van der Waals surface area contributed by atoms with Crippen LogP contribution in [0.1, 0.15) is 52.9 Å². The van der Waals surface area contributed by atoms with Gasteiger partial charge in [0.1, 0.15) is 5.54 Å². The maximum atomic E-state index is 11.7. The van der Waals surface area contributed by atoms with E-state index in [4.69, 9.17) is 9.47 Å². The summed E-state index contributed by atoms with van der Waals surface area (Å²) in [5.41, 5.74) is -0.186. The molecule has 0 spiro atoms. The van der Waals surface area contributed by atoms with Crippen molar-refractivity contribution in [1.82, 2.24) is 5.32 Å². The summed E-state index contributed by atoms with van der Waals surface area (Å²) in [7, 11) is 3.20. The second-order valence-corrected chi connectivity index (χ2v) is 6.56. The topological polar surface area (TPSA) is 47.6 Å². The van der Waals surface area contributed by atoms with Gasteiger partial charge in [0.15, 0.2) is 0 Å². The Morgan fingerprint density at radius 1 is 1.37 bits per heavy atom. The molecule has 1 rings (SSSR count). The van der Waals surface area contributed by atoms with Crippen molar-refractivity contribution in [2.75, 3.05) is 20.8 Å². The summed E-state index contributed by atoms with van der Waals surface area (Å²) < 4.78 is 10.7. The average Bonchev–Trinajstić information content (AvgIpc) is 2.39. The molecule has 0 aliphatic heterocycles. The van der Waals surface area contributed by atoms with Crippen LogP contribution in [-0.4, -0.2) is 38.4 Å². The number of methoxy groups -OCH3 is 1. The van der Waals surface area contributed by atoms with Crippen LogP contribution < -0.4 is 5.32 Å². The lowest BCUT2D eigenvalue weighted by Gasteiger charge is -2.34. The zero-order valence-electron chi connectivity index (χ0n) is 13.0. The Kier molecular flexibility index (Phi) is 5.81. The quantitative estimate of drug-likeness (QED) is 0.754. The van der Waals surface area contributed by atoms with Crippen LogP contribution >= 0.6 is 0 Å². The number of hydrogen-bond acceptors (Lipinski definition) is 4. The van der Waals surface area contributed by atoms with Gasteiger partial charge in [-0.25, -0.2) is 0 Å². The number of hydrogen-bond donors (Lipinski definition) is 1. The molecule has 1 aliphatic carbocycles. The molecule has 1 saturated carbocycles. The molecule has 112 valence electrons. The Hall–Kier alpha value is -0.610. The largest absolute Gasteiger partial charge is 0.468 e. The van der Waals surface area contributed by atoms with E-state index in [0.717, 1.165) is 12.8 Å². The fourth-order valence-electron chi connectivity index (χ4n) is 2.52. The minimum absolute atomic E-state index is 0.233. The third-order valence-corrected chi connectivity index (χ3v) is 4.43. The summed E-state index contributed by atoms with van der Waals surface area (Å²) >= 11 is 0. The zero-order valence-corrected chi connectivity index (χ0v) is 13.0. The molecule has 0 aromatic carbocycles. The predicted octanol–water partition coefficient (Wildman–Crippen LogP) is 2.51. The summed E-state index contributed by atoms with van der Waals surface area (Å²) in [6.07, 6.45) is 5.68. The first-order valence-corrected chi connectivity index (χ1v) is 7.22. The number of carbonyl (C=O) groups excluding carboxylic acids is 1. The number of likely N-dealkylation sites (N-methyl/N-ethyl adjacent to an activating group) is 1. The normalized spacial score (nSPS) is 22.8. The van der Waals surface area contributed by atoms with Gasteiger partial charge in [-0.3, -0.25) is 4.79 Å². The highest BCUT2D eigenvalue weighted by molar-refractivity contribution is 5.80. The van der Waals surface area contributed by atoms with E-state index in [1.807, 2.05) is 6.92 Å². The first kappa shape index (κ1) is 16.4. The van der Waals surface area contributed by atoms with Crippen LogP contribution in [-0.2, 0) is 14.3 Å². The van der Waals surface area contributed by atoms with Gasteiger partial charge in [-0.05, 0) is 51.5 Å². The summed E-state index contributed by atoms with van der Waals surface area (Å²) in [6.45, 7) is 7.08. The minimum atomic E-state index is -0.650. The van der Waals surface area contributed by atoms with Gasteiger partial charge >= 0.3 is 5.97 Å². The standard InChI is InChI=1S/C15H29NO3/c1-14(2)8-6-12(7-9-14)19-11-10-15(3,16-4)13(17)18-5/h12,16H,6-11H2,1-5H3. The summed E-state index contributed by atoms with van der Waals surface area (Å²) in [5, 5.41) is 3.03. The maximum absolute atomic E-state index is 11.7. The molecule has 0 heterocycles. The van der Waals surface area contributed by atoms with Crippen molar-refractivity contribution in [3.63, 3.8) is 0 Å². The van der Waals surface area contributed by atoms with Gasteiger partial charge in [0.05, 0.1) is 13.2 Å². The summed E-state index contributed by atoms with van der Waals surface area (Å²) in [6, 6.07) is 0. The van der Waals surface area contributed by atoms with Crippen molar-refractivity contribution in [1.29, 1.82) is 0 Å². The van der Waals surface area contributed by atoms with E-state index < -0.39 is 5.54 Å². The van der Waals surface area contributed by atoms with Gasteiger partial charge < -0.3 is 14.8 Å². The molecular formula is C15H29NO3. The van der Waals surface area contributed by atoms with Crippen LogP contribution in [0.25, 0.3) is 0 Å². The Bertz CT molecular complexity index is 294. The average molecular weight is 271 g/mol. The third kappa shape index (κ3) is 4.77. The molecule has 0 saturated heterocycles. The number of esters is 1. The summed E-state index contributed by atoms with van der Waals surface area (Å²) in [4.78, 5) is 11.7. The lowest BCUT2D eigenvalue weighted by atomic mass is 9.76. The van der Waals surface area contributed by atoms with Gasteiger partial charge in [0.2, 0.25) is 0 Å². The third-order valence-electron chi connectivity index (χ3n) is 4.43. The number of rotatable bonds is 6. The molecule has 0 bridgehead atoms. The molecule has 4 nitrogen and oxygen atoms in total. The molecule has 1 fully saturated rings. The molecule has 1 aliphatic rings. The fraction of sp³-hybridized carbons (Fsp3) is 0.933. The monoisotopic (exact) mass is 271 g/mol. The first-order valence-electron chi connectivity index (χ1n) is 7.22. The van der Waals surface area contributed by atoms with Gasteiger partial charge in [-0.1, -0.05) is 13.8 Å². The minimum Gasteiger partial charge on any atom is -0.468 e. The van der Waals surface area contributed by atoms with Crippen molar-refractivity contribution >= 4 is 5.97 Å². The first-order chi connectivity index (χ1) is 8.83. The van der Waals surface area contributed by atoms with Crippen molar-refractivity contribution < 1.29 is 14.3 Å². The van der Waals surface area contributed by atoms with E-state index in [1.165, 1.54) is 20.0 Å². The molecule has 1 N–H and O–H groups in total. The highest BCUT2D eigenvalue weighted by Crippen LogP contribution is 2.36. The van der Waals surface area contributed by atoms with Crippen molar-refractivity contribution in [2.24, 2.45) is 5.41 Å². The second-order valence-electron chi connectivity index (χ2n) is 6.56. The summed E-state index contributed by atoms with van der Waals surface area (Å²) in [5.74, 6) is -0.233. The Morgan fingerprint density at radius 2 is 1.95 bits per heavy atom. The maximum Gasteiger partial charge on any atom is 0.325 e. The van der Waals surface area contributed by atoms with Gasteiger partial charge in [-0.15, -0.1) is 0 Å². The fourth-order valence-corrected chi connectivity index (χ4v) is 2.52. The molecule has 19 heavy (non-hydrogen) atoms. The van der Waals surface area contributed by atoms with Crippen molar-refractivity contribution in [2.45, 2.75) is 64.5 Å². The van der Waals surface area contributed by atoms with Crippen LogP contribution in [0.3, 0.4) is 0 Å². The molecule has 0 aromatic rings. The van der Waals surface area contributed by atoms with Crippen LogP contribution in [0.4, 0.5) is 0 Å².